The van der Waals surface area contributed by atoms with Crippen LogP contribution in [0.4, 0.5) is 5.69 Å². The Morgan fingerprint density at radius 1 is 1.21 bits per heavy atom. The lowest BCUT2D eigenvalue weighted by atomic mass is 10.2. The quantitative estimate of drug-likeness (QED) is 0.841. The zero-order valence-corrected chi connectivity index (χ0v) is 13.9. The van der Waals surface area contributed by atoms with Gasteiger partial charge < -0.3 is 15.0 Å². The van der Waals surface area contributed by atoms with Gasteiger partial charge in [0.05, 0.1) is 12.0 Å². The average molecular weight is 341 g/mol. The Morgan fingerprint density at radius 3 is 2.75 bits per heavy atom. The maximum absolute atomic E-state index is 12.1. The van der Waals surface area contributed by atoms with Gasteiger partial charge in [-0.15, -0.1) is 0 Å². The van der Waals surface area contributed by atoms with Crippen molar-refractivity contribution in [3.63, 3.8) is 0 Å². The lowest BCUT2D eigenvalue weighted by molar-refractivity contribution is -0.115. The number of hydrogen-bond acceptors (Lipinski definition) is 5. The number of aryl methyl sites for hydroxylation is 1. The summed E-state index contributed by atoms with van der Waals surface area (Å²) >= 11 is 1.24. The second-order valence-electron chi connectivity index (χ2n) is 5.09. The van der Waals surface area contributed by atoms with E-state index >= 15 is 0 Å². The number of nitrogens with zero attached hydrogens (tertiary/aromatic N) is 1. The van der Waals surface area contributed by atoms with E-state index < -0.39 is 0 Å². The molecule has 1 amide bonds. The predicted octanol–water partition coefficient (Wildman–Crippen LogP) is 2.58. The number of thioether (sulfide) groups is 1. The van der Waals surface area contributed by atoms with Crippen molar-refractivity contribution in [2.24, 2.45) is 4.99 Å². The monoisotopic (exact) mass is 341 g/mol. The zero-order valence-electron chi connectivity index (χ0n) is 13.1. The summed E-state index contributed by atoms with van der Waals surface area (Å²) in [6.45, 7) is 1.93. The Balaban J connectivity index is 1.90. The number of pyridine rings is 1. The van der Waals surface area contributed by atoms with Gasteiger partial charge in [0, 0.05) is 12.3 Å². The number of H-pyrrole nitrogens is 1. The largest absolute Gasteiger partial charge is 0.494 e. The normalized spacial score (nSPS) is 17.3. The highest BCUT2D eigenvalue weighted by atomic mass is 32.2. The van der Waals surface area contributed by atoms with Crippen LogP contribution in [0.1, 0.15) is 11.1 Å². The van der Waals surface area contributed by atoms with Crippen molar-refractivity contribution in [3.05, 3.63) is 62.9 Å². The van der Waals surface area contributed by atoms with E-state index in [1.807, 2.05) is 25.1 Å². The zero-order chi connectivity index (χ0) is 17.1. The van der Waals surface area contributed by atoms with E-state index in [0.717, 1.165) is 11.1 Å². The van der Waals surface area contributed by atoms with Crippen LogP contribution in [0.3, 0.4) is 0 Å². The Kier molecular flexibility index (Phi) is 4.52. The van der Waals surface area contributed by atoms with Crippen LogP contribution in [-0.2, 0) is 4.79 Å². The molecule has 0 saturated carbocycles. The number of hydrogen-bond donors (Lipinski definition) is 2. The molecule has 2 N–H and O–H groups in total. The minimum Gasteiger partial charge on any atom is -0.494 e. The third kappa shape index (κ3) is 3.41. The van der Waals surface area contributed by atoms with Crippen molar-refractivity contribution in [1.82, 2.24) is 10.3 Å². The molecule has 122 valence electrons. The SMILES string of the molecule is COc1cccc(C)c1N=C1NC(=O)/C(=C/c2ccc(=O)[nH]c2)S1. The van der Waals surface area contributed by atoms with Gasteiger partial charge in [0.25, 0.3) is 5.91 Å². The summed E-state index contributed by atoms with van der Waals surface area (Å²) in [5.74, 6) is 0.424. The van der Waals surface area contributed by atoms with Crippen molar-refractivity contribution in [1.29, 1.82) is 0 Å². The van der Waals surface area contributed by atoms with E-state index in [-0.39, 0.29) is 11.5 Å². The molecule has 0 bridgehead atoms. The van der Waals surface area contributed by atoms with Crippen molar-refractivity contribution < 1.29 is 9.53 Å². The molecule has 2 aromatic rings. The summed E-state index contributed by atoms with van der Waals surface area (Å²) in [6.07, 6.45) is 3.26. The minimum atomic E-state index is -0.225. The first kappa shape index (κ1) is 16.1. The Bertz CT molecular complexity index is 895. The highest BCUT2D eigenvalue weighted by molar-refractivity contribution is 8.18. The molecule has 1 fully saturated rings. The van der Waals surface area contributed by atoms with E-state index in [2.05, 4.69) is 15.3 Å². The molecule has 1 aliphatic rings. The lowest BCUT2D eigenvalue weighted by Gasteiger charge is -2.07. The van der Waals surface area contributed by atoms with Crippen LogP contribution in [0.15, 0.2) is 51.2 Å². The van der Waals surface area contributed by atoms with Crippen LogP contribution in [0.5, 0.6) is 5.75 Å². The second kappa shape index (κ2) is 6.76. The average Bonchev–Trinajstić information content (AvgIpc) is 2.91. The summed E-state index contributed by atoms with van der Waals surface area (Å²) in [7, 11) is 1.58. The van der Waals surface area contributed by atoms with Crippen LogP contribution < -0.4 is 15.6 Å². The molecular formula is C17H15N3O3S. The molecule has 0 unspecified atom stereocenters. The smallest absolute Gasteiger partial charge is 0.264 e. The molecule has 1 aromatic heterocycles. The Morgan fingerprint density at radius 2 is 2.04 bits per heavy atom. The number of benzene rings is 1. The standard InChI is InChI=1S/C17H15N3O3S/c1-10-4-3-5-12(23-2)15(10)19-17-20-16(22)13(24-17)8-11-6-7-14(21)18-9-11/h3-9H,1-2H3,(H,18,21)(H,19,20,22)/b13-8-. The van der Waals surface area contributed by atoms with E-state index in [9.17, 15) is 9.59 Å². The van der Waals surface area contributed by atoms with Gasteiger partial charge in [-0.05, 0) is 48.0 Å². The number of amidine groups is 1. The number of aromatic amines is 1. The number of para-hydroxylation sites is 1. The minimum absolute atomic E-state index is 0.186. The molecule has 6 nitrogen and oxygen atoms in total. The van der Waals surface area contributed by atoms with E-state index in [4.69, 9.17) is 4.74 Å². The first-order chi connectivity index (χ1) is 11.6. The number of rotatable bonds is 3. The summed E-state index contributed by atoms with van der Waals surface area (Å²) in [5.41, 5.74) is 2.19. The van der Waals surface area contributed by atoms with Gasteiger partial charge in [-0.3, -0.25) is 9.59 Å². The van der Waals surface area contributed by atoms with Gasteiger partial charge in [-0.25, -0.2) is 4.99 Å². The fourth-order valence-electron chi connectivity index (χ4n) is 2.19. The molecule has 7 heteroatoms. The van der Waals surface area contributed by atoms with Crippen molar-refractivity contribution >= 4 is 34.6 Å². The molecule has 2 heterocycles. The topological polar surface area (TPSA) is 83.5 Å². The summed E-state index contributed by atoms with van der Waals surface area (Å²) in [4.78, 5) is 30.8. The third-order valence-electron chi connectivity index (χ3n) is 3.39. The fourth-order valence-corrected chi connectivity index (χ4v) is 3.01. The van der Waals surface area contributed by atoms with E-state index in [0.29, 0.717) is 21.5 Å². The van der Waals surface area contributed by atoms with Crippen molar-refractivity contribution in [2.75, 3.05) is 7.11 Å². The summed E-state index contributed by atoms with van der Waals surface area (Å²) < 4.78 is 5.32. The van der Waals surface area contributed by atoms with Gasteiger partial charge in [-0.2, -0.15) is 0 Å². The van der Waals surface area contributed by atoms with Crippen molar-refractivity contribution in [3.8, 4) is 5.75 Å². The van der Waals surface area contributed by atoms with E-state index in [1.165, 1.54) is 17.8 Å². The van der Waals surface area contributed by atoms with Gasteiger partial charge in [-0.1, -0.05) is 12.1 Å². The first-order valence-electron chi connectivity index (χ1n) is 7.19. The number of methoxy groups -OCH3 is 1. The molecule has 1 saturated heterocycles. The highest BCUT2D eigenvalue weighted by Crippen LogP contribution is 2.34. The molecule has 0 spiro atoms. The number of amides is 1. The Hall–Kier alpha value is -2.80. The Labute approximate surface area is 142 Å². The van der Waals surface area contributed by atoms with Gasteiger partial charge >= 0.3 is 0 Å². The van der Waals surface area contributed by atoms with Gasteiger partial charge in [0.15, 0.2) is 5.17 Å². The lowest BCUT2D eigenvalue weighted by Crippen LogP contribution is -2.19. The summed E-state index contributed by atoms with van der Waals surface area (Å²) in [6, 6.07) is 8.71. The van der Waals surface area contributed by atoms with Crippen LogP contribution >= 0.6 is 11.8 Å². The molecule has 1 aliphatic heterocycles. The molecule has 0 radical (unpaired) electrons. The number of nitrogens with one attached hydrogen (secondary N) is 2. The molecule has 0 atom stereocenters. The number of aromatic nitrogens is 1. The molecule has 1 aromatic carbocycles. The molecule has 24 heavy (non-hydrogen) atoms. The van der Waals surface area contributed by atoms with Gasteiger partial charge in [0.1, 0.15) is 11.4 Å². The number of carbonyl (C=O) groups is 1. The molecular weight excluding hydrogens is 326 g/mol. The van der Waals surface area contributed by atoms with E-state index in [1.54, 1.807) is 25.4 Å². The maximum Gasteiger partial charge on any atom is 0.264 e. The van der Waals surface area contributed by atoms with Crippen LogP contribution in [0.2, 0.25) is 0 Å². The number of carbonyl (C=O) groups excluding carboxylic acids is 1. The predicted molar refractivity (Wildman–Crippen MR) is 95.6 cm³/mol. The maximum atomic E-state index is 12.1. The highest BCUT2D eigenvalue weighted by Gasteiger charge is 2.24. The van der Waals surface area contributed by atoms with Crippen LogP contribution in [-0.4, -0.2) is 23.2 Å². The third-order valence-corrected chi connectivity index (χ3v) is 4.30. The molecule has 0 aliphatic carbocycles. The second-order valence-corrected chi connectivity index (χ2v) is 6.12. The number of ether oxygens (including phenoxy) is 1. The fraction of sp³-hybridized carbons (Fsp3) is 0.118. The first-order valence-corrected chi connectivity index (χ1v) is 8.00. The number of aliphatic imine (C=N–C) groups is 1. The van der Waals surface area contributed by atoms with Gasteiger partial charge in [0.2, 0.25) is 5.56 Å². The summed E-state index contributed by atoms with van der Waals surface area (Å²) in [5, 5.41) is 3.23. The van der Waals surface area contributed by atoms with Crippen LogP contribution in [0, 0.1) is 6.92 Å². The van der Waals surface area contributed by atoms with Crippen LogP contribution in [0.25, 0.3) is 6.08 Å². The molecule has 3 rings (SSSR count). The van der Waals surface area contributed by atoms with Crippen molar-refractivity contribution in [2.45, 2.75) is 6.92 Å².